The molecule has 1 fully saturated rings. The van der Waals surface area contributed by atoms with E-state index in [9.17, 15) is 13.2 Å². The molecule has 0 aromatic carbocycles. The highest BCUT2D eigenvalue weighted by Gasteiger charge is 2.32. The van der Waals surface area contributed by atoms with Gasteiger partial charge in [-0.05, 0) is 6.92 Å². The maximum Gasteiger partial charge on any atom is 0.246 e. The van der Waals surface area contributed by atoms with E-state index in [0.717, 1.165) is 13.1 Å². The van der Waals surface area contributed by atoms with Crippen LogP contribution in [0.1, 0.15) is 6.92 Å². The summed E-state index contributed by atoms with van der Waals surface area (Å²) >= 11 is 0. The molecule has 1 aliphatic heterocycles. The number of nitrogens with one attached hydrogen (secondary N) is 2. The Kier molecular flexibility index (Phi) is 4.25. The number of amides is 1. The lowest BCUT2D eigenvalue weighted by Crippen LogP contribution is -2.59. The van der Waals surface area contributed by atoms with Crippen molar-refractivity contribution in [2.75, 3.05) is 32.0 Å². The SMILES string of the molecule is CC1(OCC(=O)NCCS(N)(=O)=O)CNC1. The maximum atomic E-state index is 11.2. The van der Waals surface area contributed by atoms with Gasteiger partial charge in [-0.3, -0.25) is 4.79 Å². The van der Waals surface area contributed by atoms with Crippen molar-refractivity contribution >= 4 is 15.9 Å². The molecule has 0 aromatic heterocycles. The molecule has 0 saturated carbocycles. The fourth-order valence-corrected chi connectivity index (χ4v) is 1.59. The maximum absolute atomic E-state index is 11.2. The van der Waals surface area contributed by atoms with Gasteiger partial charge in [0.2, 0.25) is 15.9 Å². The number of nitrogens with two attached hydrogens (primary N) is 1. The first-order valence-electron chi connectivity index (χ1n) is 4.93. The van der Waals surface area contributed by atoms with Crippen LogP contribution < -0.4 is 15.8 Å². The Balaban J connectivity index is 2.11. The van der Waals surface area contributed by atoms with Gasteiger partial charge in [-0.25, -0.2) is 13.6 Å². The third-order valence-corrected chi connectivity index (χ3v) is 3.03. The molecule has 94 valence electrons. The monoisotopic (exact) mass is 251 g/mol. The van der Waals surface area contributed by atoms with E-state index in [4.69, 9.17) is 9.88 Å². The summed E-state index contributed by atoms with van der Waals surface area (Å²) in [6.45, 7) is 3.29. The molecular weight excluding hydrogens is 234 g/mol. The molecule has 0 atom stereocenters. The average Bonchev–Trinajstić information content (AvgIpc) is 2.09. The number of ether oxygens (including phenoxy) is 1. The smallest absolute Gasteiger partial charge is 0.246 e. The van der Waals surface area contributed by atoms with Gasteiger partial charge in [-0.1, -0.05) is 0 Å². The molecule has 0 bridgehead atoms. The molecule has 4 N–H and O–H groups in total. The zero-order chi connectivity index (χ0) is 12.2. The zero-order valence-electron chi connectivity index (χ0n) is 9.15. The second kappa shape index (κ2) is 5.09. The molecule has 1 heterocycles. The van der Waals surface area contributed by atoms with Crippen LogP contribution in [0.25, 0.3) is 0 Å². The Morgan fingerprint density at radius 2 is 2.19 bits per heavy atom. The summed E-state index contributed by atoms with van der Waals surface area (Å²) in [4.78, 5) is 11.2. The highest BCUT2D eigenvalue weighted by Crippen LogP contribution is 2.14. The zero-order valence-corrected chi connectivity index (χ0v) is 9.97. The predicted octanol–water partition coefficient (Wildman–Crippen LogP) is -2.23. The largest absolute Gasteiger partial charge is 0.363 e. The van der Waals surface area contributed by atoms with Crippen LogP contribution in [0.15, 0.2) is 0 Å². The summed E-state index contributed by atoms with van der Waals surface area (Å²) in [5.41, 5.74) is -0.280. The van der Waals surface area contributed by atoms with Gasteiger partial charge in [0.05, 0.1) is 11.4 Å². The molecule has 7 nitrogen and oxygen atoms in total. The second-order valence-corrected chi connectivity index (χ2v) is 5.79. The molecule has 0 radical (unpaired) electrons. The van der Waals surface area contributed by atoms with Gasteiger partial charge in [0.15, 0.2) is 0 Å². The predicted molar refractivity (Wildman–Crippen MR) is 58.2 cm³/mol. The van der Waals surface area contributed by atoms with Crippen molar-refractivity contribution in [3.05, 3.63) is 0 Å². The van der Waals surface area contributed by atoms with E-state index in [1.807, 2.05) is 6.92 Å². The number of carbonyl (C=O) groups is 1. The fraction of sp³-hybridized carbons (Fsp3) is 0.875. The molecule has 0 aliphatic carbocycles. The lowest BCUT2D eigenvalue weighted by atomic mass is 10.0. The molecular formula is C8H17N3O4S. The van der Waals surface area contributed by atoms with Gasteiger partial charge in [-0.2, -0.15) is 0 Å². The Morgan fingerprint density at radius 3 is 2.62 bits per heavy atom. The van der Waals surface area contributed by atoms with Gasteiger partial charge < -0.3 is 15.4 Å². The minimum Gasteiger partial charge on any atom is -0.363 e. The van der Waals surface area contributed by atoms with Crippen molar-refractivity contribution in [3.63, 3.8) is 0 Å². The van der Waals surface area contributed by atoms with Gasteiger partial charge in [0, 0.05) is 19.6 Å². The quantitative estimate of drug-likeness (QED) is 0.495. The Hall–Kier alpha value is -0.700. The van der Waals surface area contributed by atoms with Crippen LogP contribution in [-0.4, -0.2) is 51.9 Å². The average molecular weight is 251 g/mol. The van der Waals surface area contributed by atoms with Crippen LogP contribution in [0.3, 0.4) is 0 Å². The second-order valence-electron chi connectivity index (χ2n) is 4.06. The first-order valence-corrected chi connectivity index (χ1v) is 6.64. The van der Waals surface area contributed by atoms with Crippen molar-refractivity contribution in [1.29, 1.82) is 0 Å². The normalized spacial score (nSPS) is 18.9. The van der Waals surface area contributed by atoms with Gasteiger partial charge in [0.25, 0.3) is 0 Å². The summed E-state index contributed by atoms with van der Waals surface area (Å²) in [5, 5.41) is 10.2. The van der Waals surface area contributed by atoms with Gasteiger partial charge >= 0.3 is 0 Å². The van der Waals surface area contributed by atoms with Crippen molar-refractivity contribution in [2.45, 2.75) is 12.5 Å². The first kappa shape index (κ1) is 13.4. The summed E-state index contributed by atoms with van der Waals surface area (Å²) in [6, 6.07) is 0. The molecule has 1 aliphatic rings. The highest BCUT2D eigenvalue weighted by molar-refractivity contribution is 7.89. The van der Waals surface area contributed by atoms with Gasteiger partial charge in [0.1, 0.15) is 6.61 Å². The molecule has 0 aromatic rings. The van der Waals surface area contributed by atoms with Crippen LogP contribution in [-0.2, 0) is 19.6 Å². The van der Waals surface area contributed by atoms with Crippen molar-refractivity contribution in [3.8, 4) is 0 Å². The molecule has 0 unspecified atom stereocenters. The number of rotatable bonds is 6. The van der Waals surface area contributed by atoms with Gasteiger partial charge in [-0.15, -0.1) is 0 Å². The van der Waals surface area contributed by atoms with Crippen LogP contribution in [0, 0.1) is 0 Å². The standard InChI is InChI=1S/C8H17N3O4S/c1-8(5-10-6-8)15-4-7(12)11-2-3-16(9,13)14/h10H,2-6H2,1H3,(H,11,12)(H2,9,13,14). The topological polar surface area (TPSA) is 111 Å². The number of hydrogen-bond donors (Lipinski definition) is 3. The van der Waals surface area contributed by atoms with E-state index >= 15 is 0 Å². The molecule has 1 amide bonds. The molecule has 8 heteroatoms. The van der Waals surface area contributed by atoms with E-state index in [1.54, 1.807) is 0 Å². The Labute approximate surface area is 94.8 Å². The van der Waals surface area contributed by atoms with Crippen molar-refractivity contribution in [1.82, 2.24) is 10.6 Å². The molecule has 1 rings (SSSR count). The summed E-state index contributed by atoms with van der Waals surface area (Å²) < 4.78 is 26.5. The number of sulfonamides is 1. The van der Waals surface area contributed by atoms with E-state index < -0.39 is 10.0 Å². The molecule has 16 heavy (non-hydrogen) atoms. The van der Waals surface area contributed by atoms with Crippen LogP contribution in [0.4, 0.5) is 0 Å². The number of hydrogen-bond acceptors (Lipinski definition) is 5. The summed E-state index contributed by atoms with van der Waals surface area (Å²) in [5.74, 6) is -0.603. The van der Waals surface area contributed by atoms with Crippen molar-refractivity contribution in [2.24, 2.45) is 5.14 Å². The minimum atomic E-state index is -3.52. The van der Waals surface area contributed by atoms with Crippen LogP contribution in [0.2, 0.25) is 0 Å². The minimum absolute atomic E-state index is 0.00991. The third kappa shape index (κ3) is 4.88. The molecule has 0 spiro atoms. The van der Waals surface area contributed by atoms with E-state index in [0.29, 0.717) is 0 Å². The van der Waals surface area contributed by atoms with E-state index in [-0.39, 0.29) is 30.4 Å². The third-order valence-electron chi connectivity index (χ3n) is 2.26. The number of carbonyl (C=O) groups excluding carboxylic acids is 1. The lowest BCUT2D eigenvalue weighted by molar-refractivity contribution is -0.135. The fourth-order valence-electron chi connectivity index (χ4n) is 1.20. The number of primary sulfonamides is 1. The summed E-state index contributed by atoms with van der Waals surface area (Å²) in [6.07, 6.45) is 0. The van der Waals surface area contributed by atoms with E-state index in [2.05, 4.69) is 10.6 Å². The van der Waals surface area contributed by atoms with Crippen LogP contribution in [0.5, 0.6) is 0 Å². The Bertz CT molecular complexity index is 350. The lowest BCUT2D eigenvalue weighted by Gasteiger charge is -2.38. The first-order chi connectivity index (χ1) is 7.31. The van der Waals surface area contributed by atoms with E-state index in [1.165, 1.54) is 0 Å². The molecule has 1 saturated heterocycles. The Morgan fingerprint density at radius 1 is 1.56 bits per heavy atom. The highest BCUT2D eigenvalue weighted by atomic mass is 32.2. The summed E-state index contributed by atoms with van der Waals surface area (Å²) in [7, 11) is -3.52. The van der Waals surface area contributed by atoms with Crippen LogP contribution >= 0.6 is 0 Å². The van der Waals surface area contributed by atoms with Crippen molar-refractivity contribution < 1.29 is 17.9 Å².